The maximum absolute atomic E-state index is 9.74. The van der Waals surface area contributed by atoms with E-state index in [1.807, 2.05) is 24.3 Å². The quantitative estimate of drug-likeness (QED) is 0.725. The average Bonchev–Trinajstić information content (AvgIpc) is 2.27. The monoisotopic (exact) mass is 206 g/mol. The standard InChI is InChI=1S/C13H18O2/c1-3-6-13(14)11-7-5-8-12(10-11)15-9-4-2/h3,5,7-8,10,13-14H,1,4,6,9H2,2H3. The Morgan fingerprint density at radius 2 is 2.33 bits per heavy atom. The van der Waals surface area contributed by atoms with Crippen LogP contribution in [0.4, 0.5) is 0 Å². The summed E-state index contributed by atoms with van der Waals surface area (Å²) in [7, 11) is 0. The fourth-order valence-corrected chi connectivity index (χ4v) is 1.33. The van der Waals surface area contributed by atoms with Crippen LogP contribution in [-0.4, -0.2) is 11.7 Å². The fourth-order valence-electron chi connectivity index (χ4n) is 1.33. The van der Waals surface area contributed by atoms with Gasteiger partial charge in [-0.2, -0.15) is 0 Å². The van der Waals surface area contributed by atoms with E-state index in [0.29, 0.717) is 13.0 Å². The fraction of sp³-hybridized carbons (Fsp3) is 0.385. The highest BCUT2D eigenvalue weighted by Gasteiger charge is 2.05. The van der Waals surface area contributed by atoms with Gasteiger partial charge in [-0.1, -0.05) is 25.1 Å². The van der Waals surface area contributed by atoms with Crippen LogP contribution in [0.5, 0.6) is 5.75 Å². The molecule has 0 aliphatic carbocycles. The minimum absolute atomic E-state index is 0.479. The zero-order valence-electron chi connectivity index (χ0n) is 9.15. The summed E-state index contributed by atoms with van der Waals surface area (Å²) >= 11 is 0. The average molecular weight is 206 g/mol. The molecule has 1 N–H and O–H groups in total. The van der Waals surface area contributed by atoms with Gasteiger partial charge in [0.1, 0.15) is 5.75 Å². The Labute approximate surface area is 91.2 Å². The predicted octanol–water partition coefficient (Wildman–Crippen LogP) is 3.08. The largest absolute Gasteiger partial charge is 0.494 e. The predicted molar refractivity (Wildman–Crippen MR) is 62.0 cm³/mol. The van der Waals surface area contributed by atoms with Crippen molar-refractivity contribution in [1.29, 1.82) is 0 Å². The SMILES string of the molecule is C=CCC(O)c1cccc(OCCC)c1. The van der Waals surface area contributed by atoms with Crippen molar-refractivity contribution in [2.75, 3.05) is 6.61 Å². The normalized spacial score (nSPS) is 12.1. The van der Waals surface area contributed by atoms with Crippen LogP contribution in [0.25, 0.3) is 0 Å². The van der Waals surface area contributed by atoms with Crippen molar-refractivity contribution in [3.05, 3.63) is 42.5 Å². The molecule has 1 aromatic carbocycles. The minimum Gasteiger partial charge on any atom is -0.494 e. The molecule has 82 valence electrons. The summed E-state index contributed by atoms with van der Waals surface area (Å²) in [6.45, 7) is 6.38. The topological polar surface area (TPSA) is 29.5 Å². The zero-order valence-corrected chi connectivity index (χ0v) is 9.15. The van der Waals surface area contributed by atoms with Gasteiger partial charge in [0.05, 0.1) is 12.7 Å². The van der Waals surface area contributed by atoms with Crippen LogP contribution in [0.2, 0.25) is 0 Å². The van der Waals surface area contributed by atoms with Crippen molar-refractivity contribution in [3.63, 3.8) is 0 Å². The number of ether oxygens (including phenoxy) is 1. The molecule has 0 fully saturated rings. The van der Waals surface area contributed by atoms with Gasteiger partial charge in [-0.05, 0) is 30.5 Å². The Morgan fingerprint density at radius 1 is 1.53 bits per heavy atom. The van der Waals surface area contributed by atoms with E-state index in [0.717, 1.165) is 17.7 Å². The van der Waals surface area contributed by atoms with E-state index in [4.69, 9.17) is 4.74 Å². The highest BCUT2D eigenvalue weighted by molar-refractivity contribution is 5.30. The van der Waals surface area contributed by atoms with E-state index >= 15 is 0 Å². The summed E-state index contributed by atoms with van der Waals surface area (Å²) in [5.74, 6) is 0.817. The third-order valence-electron chi connectivity index (χ3n) is 2.11. The Morgan fingerprint density at radius 3 is 3.00 bits per heavy atom. The highest BCUT2D eigenvalue weighted by atomic mass is 16.5. The molecular weight excluding hydrogens is 188 g/mol. The molecule has 0 aliphatic heterocycles. The Balaban J connectivity index is 2.68. The van der Waals surface area contributed by atoms with Gasteiger partial charge in [-0.15, -0.1) is 6.58 Å². The number of aliphatic hydroxyl groups excluding tert-OH is 1. The zero-order chi connectivity index (χ0) is 11.1. The van der Waals surface area contributed by atoms with Crippen molar-refractivity contribution >= 4 is 0 Å². The Hall–Kier alpha value is -1.28. The molecule has 0 saturated heterocycles. The summed E-state index contributed by atoms with van der Waals surface area (Å²) in [5, 5.41) is 9.74. The molecule has 0 amide bonds. The van der Waals surface area contributed by atoms with Crippen molar-refractivity contribution in [1.82, 2.24) is 0 Å². The molecule has 0 bridgehead atoms. The van der Waals surface area contributed by atoms with Gasteiger partial charge in [-0.25, -0.2) is 0 Å². The molecule has 0 aliphatic rings. The summed E-state index contributed by atoms with van der Waals surface area (Å²) in [4.78, 5) is 0. The molecule has 2 heteroatoms. The van der Waals surface area contributed by atoms with Crippen LogP contribution in [0, 0.1) is 0 Å². The number of rotatable bonds is 6. The number of hydrogen-bond donors (Lipinski definition) is 1. The maximum atomic E-state index is 9.74. The highest BCUT2D eigenvalue weighted by Crippen LogP contribution is 2.21. The van der Waals surface area contributed by atoms with Gasteiger partial charge >= 0.3 is 0 Å². The summed E-state index contributed by atoms with van der Waals surface area (Å²) in [6, 6.07) is 7.57. The minimum atomic E-state index is -0.479. The third kappa shape index (κ3) is 3.76. The van der Waals surface area contributed by atoms with E-state index in [-0.39, 0.29) is 0 Å². The smallest absolute Gasteiger partial charge is 0.119 e. The molecular formula is C13H18O2. The van der Waals surface area contributed by atoms with Crippen molar-refractivity contribution in [3.8, 4) is 5.75 Å². The van der Waals surface area contributed by atoms with Crippen LogP contribution in [0.1, 0.15) is 31.4 Å². The van der Waals surface area contributed by atoms with Crippen LogP contribution >= 0.6 is 0 Å². The first-order valence-corrected chi connectivity index (χ1v) is 5.29. The molecule has 1 unspecified atom stereocenters. The van der Waals surface area contributed by atoms with Crippen molar-refractivity contribution < 1.29 is 9.84 Å². The van der Waals surface area contributed by atoms with Crippen LogP contribution in [-0.2, 0) is 0 Å². The van der Waals surface area contributed by atoms with E-state index in [1.54, 1.807) is 6.08 Å². The first kappa shape index (κ1) is 11.8. The molecule has 1 aromatic rings. The second-order valence-electron chi connectivity index (χ2n) is 3.46. The van der Waals surface area contributed by atoms with E-state index in [1.165, 1.54) is 0 Å². The lowest BCUT2D eigenvalue weighted by molar-refractivity contribution is 0.181. The molecule has 0 radical (unpaired) electrons. The molecule has 0 heterocycles. The summed E-state index contributed by atoms with van der Waals surface area (Å²) in [5.41, 5.74) is 0.878. The second-order valence-corrected chi connectivity index (χ2v) is 3.46. The summed E-state index contributed by atoms with van der Waals surface area (Å²) < 4.78 is 5.49. The first-order chi connectivity index (χ1) is 7.27. The summed E-state index contributed by atoms with van der Waals surface area (Å²) in [6.07, 6.45) is 2.79. The van der Waals surface area contributed by atoms with E-state index in [9.17, 15) is 5.11 Å². The molecule has 0 spiro atoms. The lowest BCUT2D eigenvalue weighted by Crippen LogP contribution is -1.98. The Bertz CT molecular complexity index is 307. The molecule has 1 atom stereocenters. The molecule has 15 heavy (non-hydrogen) atoms. The second kappa shape index (κ2) is 6.25. The molecule has 2 nitrogen and oxygen atoms in total. The van der Waals surface area contributed by atoms with E-state index < -0.39 is 6.10 Å². The maximum Gasteiger partial charge on any atom is 0.119 e. The van der Waals surface area contributed by atoms with Crippen LogP contribution < -0.4 is 4.74 Å². The first-order valence-electron chi connectivity index (χ1n) is 5.29. The van der Waals surface area contributed by atoms with Gasteiger partial charge in [-0.3, -0.25) is 0 Å². The number of hydrogen-bond acceptors (Lipinski definition) is 2. The third-order valence-corrected chi connectivity index (χ3v) is 2.11. The van der Waals surface area contributed by atoms with Gasteiger partial charge in [0.15, 0.2) is 0 Å². The number of benzene rings is 1. The van der Waals surface area contributed by atoms with Gasteiger partial charge in [0.2, 0.25) is 0 Å². The molecule has 1 rings (SSSR count). The van der Waals surface area contributed by atoms with E-state index in [2.05, 4.69) is 13.5 Å². The van der Waals surface area contributed by atoms with Crippen molar-refractivity contribution in [2.45, 2.75) is 25.9 Å². The molecule has 0 saturated carbocycles. The van der Waals surface area contributed by atoms with Gasteiger partial charge in [0.25, 0.3) is 0 Å². The number of aliphatic hydroxyl groups is 1. The van der Waals surface area contributed by atoms with Crippen LogP contribution in [0.15, 0.2) is 36.9 Å². The lowest BCUT2D eigenvalue weighted by atomic mass is 10.1. The van der Waals surface area contributed by atoms with Gasteiger partial charge in [0, 0.05) is 0 Å². The molecule has 0 aromatic heterocycles. The van der Waals surface area contributed by atoms with Crippen molar-refractivity contribution in [2.24, 2.45) is 0 Å². The van der Waals surface area contributed by atoms with Gasteiger partial charge < -0.3 is 9.84 Å². The van der Waals surface area contributed by atoms with Crippen LogP contribution in [0.3, 0.4) is 0 Å². The Kier molecular flexibility index (Phi) is 4.91. The lowest BCUT2D eigenvalue weighted by Gasteiger charge is -2.10.